The number of carboxylic acids is 3. The Kier molecular flexibility index (Phi) is 10.6. The molecule has 1 fully saturated rings. The Bertz CT molecular complexity index is 2480. The molecule has 3 aromatic rings. The van der Waals surface area contributed by atoms with Gasteiger partial charge in [-0.05, 0) is 48.9 Å². The zero-order chi connectivity index (χ0) is 36.7. The summed E-state index contributed by atoms with van der Waals surface area (Å²) in [5, 5.41) is 33.9. The van der Waals surface area contributed by atoms with E-state index in [2.05, 4.69) is 0 Å². The van der Waals surface area contributed by atoms with Crippen LogP contribution in [0.25, 0.3) is 10.5 Å². The fourth-order valence-corrected chi connectivity index (χ4v) is 10.00. The fraction of sp³-hybridized carbons (Fsp3) is 0.250. The second-order valence-electron chi connectivity index (χ2n) is 10.5. The first-order valence-electron chi connectivity index (χ1n) is 14.0. The van der Waals surface area contributed by atoms with Crippen molar-refractivity contribution in [1.29, 1.82) is 0 Å². The highest BCUT2D eigenvalue weighted by Crippen LogP contribution is 2.46. The van der Waals surface area contributed by atoms with Gasteiger partial charge >= 0.3 is 0 Å². The lowest BCUT2D eigenvalue weighted by Crippen LogP contribution is -2.41. The van der Waals surface area contributed by atoms with E-state index in [0.29, 0.717) is 48.4 Å². The molecule has 0 unspecified atom stereocenters. The predicted molar refractivity (Wildman–Crippen MR) is 173 cm³/mol. The van der Waals surface area contributed by atoms with Gasteiger partial charge in [-0.2, -0.15) is 0 Å². The Balaban J connectivity index is 1.76. The van der Waals surface area contributed by atoms with E-state index in [9.17, 15) is 61.9 Å². The molecule has 0 spiro atoms. The van der Waals surface area contributed by atoms with Gasteiger partial charge in [0.25, 0.3) is 22.3 Å². The zero-order valence-corrected chi connectivity index (χ0v) is 29.3. The first kappa shape index (κ1) is 36.8. The lowest BCUT2D eigenvalue weighted by atomic mass is 10.2. The van der Waals surface area contributed by atoms with Crippen LogP contribution in [0.3, 0.4) is 0 Å². The number of hydrogen-bond acceptors (Lipinski definition) is 18. The molecule has 2 amide bonds. The summed E-state index contributed by atoms with van der Waals surface area (Å²) in [6.07, 6.45) is 1.58. The standard InChI is InChI=1S/C28H24N4O13S5/c1-13(9-16-29(7-4-8-50(43,44)45)14-5-2-3-6-15(14)46-16)20-23(39)30(10-17(33)34)26(47-20)21-24(40)31(11-18(35)36)27(48-21)22-25(41)32(12-19(37)38)28(42)49-22/h2-3,5-6,9H,4,7-8,10-12H2,1H3,(H,33,34)(H,35,36)(H,37,38)(H,43,44,45)/p-4/b16-9?,20-13?,26-21+,27-22+. The van der Waals surface area contributed by atoms with Crippen molar-refractivity contribution in [2.45, 2.75) is 31.3 Å². The molecular formula is C28H20N4O13S5-4. The minimum atomic E-state index is -4.48. The third-order valence-corrected chi connectivity index (χ3v) is 12.6. The number of carboxylic acid groups (broad SMARTS) is 3. The number of carbonyl (C=O) groups is 5. The molecule has 0 atom stereocenters. The van der Waals surface area contributed by atoms with Gasteiger partial charge in [0.2, 0.25) is 0 Å². The topological polar surface area (TPSA) is 262 Å². The minimum Gasteiger partial charge on any atom is -0.748 e. The van der Waals surface area contributed by atoms with Gasteiger partial charge in [0.15, 0.2) is 0 Å². The molecular weight excluding hydrogens is 761 g/mol. The van der Waals surface area contributed by atoms with Crippen molar-refractivity contribution in [3.63, 3.8) is 0 Å². The molecule has 2 aliphatic heterocycles. The highest BCUT2D eigenvalue weighted by Gasteiger charge is 2.37. The van der Waals surface area contributed by atoms with Crippen LogP contribution in [0, 0.1) is 9.20 Å². The average molecular weight is 781 g/mol. The highest BCUT2D eigenvalue weighted by molar-refractivity contribution is 8.23. The fourth-order valence-electron chi connectivity index (χ4n) is 4.92. The number of para-hydroxylation sites is 1. The van der Waals surface area contributed by atoms with Crippen LogP contribution in [0.2, 0.25) is 0 Å². The molecule has 2 aliphatic rings. The van der Waals surface area contributed by atoms with Gasteiger partial charge in [-0.15, -0.1) is 22.7 Å². The summed E-state index contributed by atoms with van der Waals surface area (Å²) in [7, 11) is -4.48. The number of nitrogens with zero attached hydrogens (tertiary/aromatic N) is 4. The first-order chi connectivity index (χ1) is 23.5. The third-order valence-electron chi connectivity index (χ3n) is 6.98. The van der Waals surface area contributed by atoms with Crippen molar-refractivity contribution < 1.29 is 52.3 Å². The molecule has 17 nitrogen and oxygen atoms in total. The molecule has 50 heavy (non-hydrogen) atoms. The maximum atomic E-state index is 13.7. The van der Waals surface area contributed by atoms with Crippen molar-refractivity contribution in [3.8, 4) is 0 Å². The smallest absolute Gasteiger partial charge is 0.294 e. The third kappa shape index (κ3) is 7.63. The van der Waals surface area contributed by atoms with E-state index in [4.69, 9.17) is 0 Å². The van der Waals surface area contributed by atoms with Gasteiger partial charge in [0.05, 0.1) is 62.9 Å². The molecule has 0 N–H and O–H groups in total. The zero-order valence-electron chi connectivity index (χ0n) is 25.3. The largest absolute Gasteiger partial charge is 0.748 e. The number of amides is 2. The van der Waals surface area contributed by atoms with E-state index in [-0.39, 0.29) is 43.1 Å². The van der Waals surface area contributed by atoms with Crippen molar-refractivity contribution >= 4 is 102 Å². The number of aliphatic carboxylic acids is 3. The van der Waals surface area contributed by atoms with Gasteiger partial charge in [-0.25, -0.2) is 8.42 Å². The Morgan fingerprint density at radius 2 is 1.44 bits per heavy atom. The van der Waals surface area contributed by atoms with Crippen LogP contribution in [-0.2, 0) is 42.4 Å². The molecule has 1 aromatic carbocycles. The molecule has 0 bridgehead atoms. The number of thiazole rings is 2. The van der Waals surface area contributed by atoms with Crippen LogP contribution in [-0.4, -0.2) is 74.9 Å². The van der Waals surface area contributed by atoms with Gasteiger partial charge in [0.1, 0.15) is 18.8 Å². The van der Waals surface area contributed by atoms with E-state index in [0.717, 1.165) is 9.46 Å². The summed E-state index contributed by atoms with van der Waals surface area (Å²) in [5.74, 6) is -6.99. The van der Waals surface area contributed by atoms with E-state index in [1.165, 1.54) is 18.7 Å². The van der Waals surface area contributed by atoms with E-state index in [1.807, 2.05) is 6.07 Å². The Hall–Kier alpha value is -4.48. The van der Waals surface area contributed by atoms with Crippen LogP contribution in [0.1, 0.15) is 13.3 Å². The monoisotopic (exact) mass is 780 g/mol. The normalized spacial score (nSPS) is 17.8. The van der Waals surface area contributed by atoms with Crippen molar-refractivity contribution in [1.82, 2.24) is 14.0 Å². The highest BCUT2D eigenvalue weighted by atomic mass is 32.2. The Morgan fingerprint density at radius 1 is 0.820 bits per heavy atom. The number of fused-ring (bicyclic) bond motifs is 1. The Labute approximate surface area is 296 Å². The molecule has 5 rings (SSSR count). The molecule has 4 heterocycles. The van der Waals surface area contributed by atoms with Crippen LogP contribution in [0.4, 0.5) is 10.5 Å². The number of allylic oxidation sites excluding steroid dienone is 1. The molecule has 264 valence electrons. The maximum Gasteiger partial charge on any atom is 0.294 e. The summed E-state index contributed by atoms with van der Waals surface area (Å²) >= 11 is 2.70. The molecule has 0 radical (unpaired) electrons. The van der Waals surface area contributed by atoms with E-state index >= 15 is 0 Å². The van der Waals surface area contributed by atoms with Crippen LogP contribution in [0.15, 0.2) is 49.9 Å². The maximum absolute atomic E-state index is 13.7. The quantitative estimate of drug-likeness (QED) is 0.168. The summed E-state index contributed by atoms with van der Waals surface area (Å²) in [6, 6.07) is 7.13. The number of hydrogen-bond donors (Lipinski definition) is 0. The molecule has 22 heteroatoms. The average Bonchev–Trinajstić information content (AvgIpc) is 3.70. The second-order valence-corrected chi connectivity index (χ2v) is 16.0. The second kappa shape index (κ2) is 14.4. The molecule has 2 aromatic heterocycles. The SMILES string of the molecule is CC(C=C1Sc2ccccc2N1CCCS(=O)(=O)[O-])=c1s/c(=c2/s/c(=C3/SC(=O)N(CC(=O)[O-])C3=O)n(CC(=O)[O-])c2=O)n(CC(=O)[O-])c1=O. The van der Waals surface area contributed by atoms with Crippen molar-refractivity contribution in [2.75, 3.05) is 23.7 Å². The lowest BCUT2D eigenvalue weighted by Gasteiger charge is -2.21. The number of thioether (sulfide) groups is 2. The Morgan fingerprint density at radius 3 is 2.06 bits per heavy atom. The van der Waals surface area contributed by atoms with E-state index in [1.54, 1.807) is 29.2 Å². The van der Waals surface area contributed by atoms with Gasteiger partial charge < -0.3 is 39.2 Å². The number of benzene rings is 1. The van der Waals surface area contributed by atoms with Gasteiger partial charge in [-0.1, -0.05) is 23.9 Å². The molecule has 0 aliphatic carbocycles. The summed E-state index contributed by atoms with van der Waals surface area (Å²) < 4.78 is 34.0. The number of aromatic nitrogens is 2. The number of carbonyl (C=O) groups excluding carboxylic acids is 5. The lowest BCUT2D eigenvalue weighted by molar-refractivity contribution is -0.307. The molecule has 0 saturated carbocycles. The summed E-state index contributed by atoms with van der Waals surface area (Å²) in [5.41, 5.74) is -0.920. The summed E-state index contributed by atoms with van der Waals surface area (Å²) in [4.78, 5) is 89.6. The van der Waals surface area contributed by atoms with Crippen LogP contribution >= 0.6 is 46.2 Å². The van der Waals surface area contributed by atoms with Gasteiger partial charge in [0, 0.05) is 17.2 Å². The number of imide groups is 1. The number of anilines is 1. The predicted octanol–water partition coefficient (Wildman–Crippen LogP) is -3.97. The van der Waals surface area contributed by atoms with Crippen LogP contribution < -0.4 is 40.5 Å². The van der Waals surface area contributed by atoms with Gasteiger partial charge in [-0.3, -0.25) is 33.2 Å². The summed E-state index contributed by atoms with van der Waals surface area (Å²) in [6.45, 7) is -1.59. The van der Waals surface area contributed by atoms with Crippen molar-refractivity contribution in [3.05, 3.63) is 74.5 Å². The van der Waals surface area contributed by atoms with Crippen molar-refractivity contribution in [2.24, 2.45) is 0 Å². The number of rotatable bonds is 11. The molecule has 1 saturated heterocycles. The first-order valence-corrected chi connectivity index (χ1v) is 18.8. The minimum absolute atomic E-state index is 0.00607. The van der Waals surface area contributed by atoms with Crippen LogP contribution in [0.5, 0.6) is 0 Å². The van der Waals surface area contributed by atoms with E-state index < -0.39 is 80.6 Å².